The highest BCUT2D eigenvalue weighted by molar-refractivity contribution is 5.74. The summed E-state index contributed by atoms with van der Waals surface area (Å²) in [5, 5.41) is 0. The molecule has 1 saturated heterocycles. The monoisotopic (exact) mass is 206 g/mol. The summed E-state index contributed by atoms with van der Waals surface area (Å²) >= 11 is 0. The second-order valence-electron chi connectivity index (χ2n) is 5.29. The Morgan fingerprint density at radius 3 is 2.87 bits per heavy atom. The molecular formula is C13H18O2. The van der Waals surface area contributed by atoms with Gasteiger partial charge in [-0.1, -0.05) is 25.3 Å². The molecule has 0 aromatic heterocycles. The molecule has 2 fully saturated rings. The van der Waals surface area contributed by atoms with E-state index in [1.165, 1.54) is 32.1 Å². The molecule has 0 aromatic carbocycles. The molecule has 0 aromatic rings. The van der Waals surface area contributed by atoms with Crippen molar-refractivity contribution in [1.82, 2.24) is 0 Å². The van der Waals surface area contributed by atoms with E-state index in [9.17, 15) is 4.79 Å². The van der Waals surface area contributed by atoms with Gasteiger partial charge in [-0.15, -0.1) is 0 Å². The van der Waals surface area contributed by atoms with E-state index in [1.807, 2.05) is 0 Å². The van der Waals surface area contributed by atoms with E-state index >= 15 is 0 Å². The normalized spacial score (nSPS) is 40.5. The van der Waals surface area contributed by atoms with Crippen LogP contribution in [0.3, 0.4) is 0 Å². The zero-order valence-corrected chi connectivity index (χ0v) is 9.08. The van der Waals surface area contributed by atoms with Crippen LogP contribution in [0, 0.1) is 11.3 Å². The van der Waals surface area contributed by atoms with Crippen LogP contribution in [0.5, 0.6) is 0 Å². The van der Waals surface area contributed by atoms with Gasteiger partial charge in [-0.3, -0.25) is 4.79 Å². The van der Waals surface area contributed by atoms with Gasteiger partial charge in [-0.2, -0.15) is 0 Å². The maximum atomic E-state index is 11.4. The van der Waals surface area contributed by atoms with E-state index in [2.05, 4.69) is 12.2 Å². The predicted octanol–water partition coefficient (Wildman–Crippen LogP) is 2.83. The molecule has 2 aliphatic carbocycles. The average molecular weight is 206 g/mol. The van der Waals surface area contributed by atoms with Gasteiger partial charge in [0.1, 0.15) is 6.10 Å². The molecule has 0 radical (unpaired) electrons. The van der Waals surface area contributed by atoms with Crippen molar-refractivity contribution in [3.8, 4) is 0 Å². The van der Waals surface area contributed by atoms with E-state index in [4.69, 9.17) is 4.74 Å². The Bertz CT molecular complexity index is 302. The molecular weight excluding hydrogens is 188 g/mol. The third-order valence-electron chi connectivity index (χ3n) is 4.53. The molecule has 2 nitrogen and oxygen atoms in total. The first-order valence-corrected chi connectivity index (χ1v) is 6.17. The zero-order chi connectivity index (χ0) is 10.3. The summed E-state index contributed by atoms with van der Waals surface area (Å²) < 4.78 is 5.42. The fourth-order valence-electron chi connectivity index (χ4n) is 3.72. The maximum absolute atomic E-state index is 11.4. The first kappa shape index (κ1) is 9.44. The molecule has 1 saturated carbocycles. The van der Waals surface area contributed by atoms with E-state index in [0.717, 1.165) is 12.3 Å². The summed E-state index contributed by atoms with van der Waals surface area (Å²) in [6.07, 6.45) is 12.8. The number of carbonyl (C=O) groups excluding carboxylic acids is 1. The predicted molar refractivity (Wildman–Crippen MR) is 57.3 cm³/mol. The molecule has 3 rings (SSSR count). The van der Waals surface area contributed by atoms with Gasteiger partial charge in [0.15, 0.2) is 0 Å². The average Bonchev–Trinajstić information content (AvgIpc) is 2.75. The fraction of sp³-hybridized carbons (Fsp3) is 0.769. The lowest BCUT2D eigenvalue weighted by Crippen LogP contribution is -2.35. The van der Waals surface area contributed by atoms with Crippen molar-refractivity contribution in [2.24, 2.45) is 11.3 Å². The molecule has 0 spiro atoms. The Kier molecular flexibility index (Phi) is 2.11. The lowest BCUT2D eigenvalue weighted by atomic mass is 9.65. The highest BCUT2D eigenvalue weighted by Gasteiger charge is 2.53. The van der Waals surface area contributed by atoms with Crippen molar-refractivity contribution in [3.05, 3.63) is 12.2 Å². The van der Waals surface area contributed by atoms with Gasteiger partial charge in [0.25, 0.3) is 0 Å². The second kappa shape index (κ2) is 3.36. The summed E-state index contributed by atoms with van der Waals surface area (Å²) in [5.74, 6) is 0.743. The van der Waals surface area contributed by atoms with Gasteiger partial charge in [0.05, 0.1) is 6.42 Å². The molecule has 2 heteroatoms. The molecule has 2 atom stereocenters. The van der Waals surface area contributed by atoms with Crippen LogP contribution in [0.4, 0.5) is 0 Å². The molecule has 0 amide bonds. The summed E-state index contributed by atoms with van der Waals surface area (Å²) in [6, 6.07) is 0. The van der Waals surface area contributed by atoms with Gasteiger partial charge in [0.2, 0.25) is 0 Å². The summed E-state index contributed by atoms with van der Waals surface area (Å²) in [6.45, 7) is 0. The third-order valence-corrected chi connectivity index (χ3v) is 4.53. The van der Waals surface area contributed by atoms with Crippen molar-refractivity contribution in [3.63, 3.8) is 0 Å². The number of ether oxygens (including phenoxy) is 1. The smallest absolute Gasteiger partial charge is 0.307 e. The molecule has 82 valence electrons. The summed E-state index contributed by atoms with van der Waals surface area (Å²) in [4.78, 5) is 11.4. The summed E-state index contributed by atoms with van der Waals surface area (Å²) in [7, 11) is 0. The van der Waals surface area contributed by atoms with E-state index in [1.54, 1.807) is 0 Å². The zero-order valence-electron chi connectivity index (χ0n) is 9.08. The van der Waals surface area contributed by atoms with Gasteiger partial charge < -0.3 is 4.74 Å². The number of allylic oxidation sites excluding steroid dienone is 1. The van der Waals surface area contributed by atoms with Gasteiger partial charge >= 0.3 is 5.97 Å². The third kappa shape index (κ3) is 1.34. The minimum absolute atomic E-state index is 0.0231. The Labute approximate surface area is 90.7 Å². The molecule has 0 bridgehead atoms. The van der Waals surface area contributed by atoms with Crippen LogP contribution in [0.15, 0.2) is 12.2 Å². The van der Waals surface area contributed by atoms with Crippen molar-refractivity contribution in [2.45, 2.75) is 51.0 Å². The van der Waals surface area contributed by atoms with Crippen LogP contribution in [0.1, 0.15) is 44.9 Å². The quantitative estimate of drug-likeness (QED) is 0.487. The second-order valence-corrected chi connectivity index (χ2v) is 5.29. The Hall–Kier alpha value is -0.790. The Morgan fingerprint density at radius 2 is 2.07 bits per heavy atom. The van der Waals surface area contributed by atoms with Crippen molar-refractivity contribution in [1.29, 1.82) is 0 Å². The number of esters is 1. The van der Waals surface area contributed by atoms with Crippen LogP contribution in [-0.4, -0.2) is 12.1 Å². The SMILES string of the molecule is O=C1C[C@]2(C3CCCCC3)CC=C[C@@H]2O1. The number of hydrogen-bond donors (Lipinski definition) is 0. The van der Waals surface area contributed by atoms with Gasteiger partial charge in [-0.05, 0) is 31.3 Å². The summed E-state index contributed by atoms with van der Waals surface area (Å²) in [5.41, 5.74) is 0.164. The lowest BCUT2D eigenvalue weighted by Gasteiger charge is -2.38. The number of carbonyl (C=O) groups is 1. The molecule has 1 heterocycles. The standard InChI is InChI=1S/C13H18O2/c14-12-9-13(8-4-7-11(13)15-12)10-5-2-1-3-6-10/h4,7,10-11H,1-3,5-6,8-9H2/t11-,13-/m0/s1. The Balaban J connectivity index is 1.85. The van der Waals surface area contributed by atoms with Gasteiger partial charge in [0, 0.05) is 5.41 Å². The number of fused-ring (bicyclic) bond motifs is 1. The van der Waals surface area contributed by atoms with Crippen molar-refractivity contribution < 1.29 is 9.53 Å². The van der Waals surface area contributed by atoms with Crippen LogP contribution in [0.2, 0.25) is 0 Å². The first-order chi connectivity index (χ1) is 7.31. The minimum Gasteiger partial charge on any atom is -0.457 e. The number of rotatable bonds is 1. The van der Waals surface area contributed by atoms with E-state index < -0.39 is 0 Å². The maximum Gasteiger partial charge on any atom is 0.307 e. The fourth-order valence-corrected chi connectivity index (χ4v) is 3.72. The lowest BCUT2D eigenvalue weighted by molar-refractivity contribution is -0.140. The van der Waals surface area contributed by atoms with E-state index in [-0.39, 0.29) is 17.5 Å². The van der Waals surface area contributed by atoms with E-state index in [0.29, 0.717) is 6.42 Å². The molecule has 0 unspecified atom stereocenters. The molecule has 0 N–H and O–H groups in total. The molecule has 1 aliphatic heterocycles. The van der Waals surface area contributed by atoms with Crippen LogP contribution < -0.4 is 0 Å². The highest BCUT2D eigenvalue weighted by Crippen LogP contribution is 2.53. The van der Waals surface area contributed by atoms with Crippen LogP contribution in [0.25, 0.3) is 0 Å². The largest absolute Gasteiger partial charge is 0.457 e. The highest BCUT2D eigenvalue weighted by atomic mass is 16.6. The van der Waals surface area contributed by atoms with Crippen LogP contribution in [-0.2, 0) is 9.53 Å². The van der Waals surface area contributed by atoms with Crippen molar-refractivity contribution in [2.75, 3.05) is 0 Å². The van der Waals surface area contributed by atoms with Crippen molar-refractivity contribution >= 4 is 5.97 Å². The van der Waals surface area contributed by atoms with Gasteiger partial charge in [-0.25, -0.2) is 0 Å². The Morgan fingerprint density at radius 1 is 1.27 bits per heavy atom. The molecule has 3 aliphatic rings. The number of hydrogen-bond acceptors (Lipinski definition) is 2. The molecule has 15 heavy (non-hydrogen) atoms. The van der Waals surface area contributed by atoms with Crippen LogP contribution >= 0.6 is 0 Å². The minimum atomic E-state index is 0.0231. The first-order valence-electron chi connectivity index (χ1n) is 6.17. The topological polar surface area (TPSA) is 26.3 Å².